The quantitative estimate of drug-likeness (QED) is 0.675. The SMILES string of the molecule is COC(=O)Cn1nc(-n2ccnc2)ccc1=O. The second kappa shape index (κ2) is 4.60. The first kappa shape index (κ1) is 11.1. The monoisotopic (exact) mass is 234 g/mol. The minimum atomic E-state index is -0.526. The Balaban J connectivity index is 2.36. The molecule has 0 atom stereocenters. The van der Waals surface area contributed by atoms with Crippen molar-refractivity contribution in [3.05, 3.63) is 41.2 Å². The first-order chi connectivity index (χ1) is 8.20. The van der Waals surface area contributed by atoms with E-state index in [4.69, 9.17) is 0 Å². The Bertz CT molecular complexity index is 573. The summed E-state index contributed by atoms with van der Waals surface area (Å²) in [5, 5.41) is 4.03. The summed E-state index contributed by atoms with van der Waals surface area (Å²) in [6, 6.07) is 2.89. The number of rotatable bonds is 3. The van der Waals surface area contributed by atoms with E-state index in [0.29, 0.717) is 5.82 Å². The lowest BCUT2D eigenvalue weighted by atomic mass is 10.5. The van der Waals surface area contributed by atoms with Crippen LogP contribution in [-0.4, -0.2) is 32.4 Å². The van der Waals surface area contributed by atoms with E-state index in [1.165, 1.54) is 13.2 Å². The van der Waals surface area contributed by atoms with Crippen LogP contribution in [0.15, 0.2) is 35.6 Å². The van der Waals surface area contributed by atoms with E-state index in [1.807, 2.05) is 0 Å². The van der Waals surface area contributed by atoms with Crippen LogP contribution in [0.1, 0.15) is 0 Å². The standard InChI is InChI=1S/C10H10N4O3/c1-17-10(16)6-14-9(15)3-2-8(12-14)13-5-4-11-7-13/h2-5,7H,6H2,1H3. The molecule has 0 aliphatic heterocycles. The predicted molar refractivity (Wildman–Crippen MR) is 57.6 cm³/mol. The van der Waals surface area contributed by atoms with Gasteiger partial charge in [-0.3, -0.25) is 14.2 Å². The second-order valence-electron chi connectivity index (χ2n) is 3.23. The fourth-order valence-corrected chi connectivity index (χ4v) is 1.27. The number of carbonyl (C=O) groups is 1. The highest BCUT2D eigenvalue weighted by Crippen LogP contribution is 1.99. The van der Waals surface area contributed by atoms with Gasteiger partial charge in [-0.25, -0.2) is 9.67 Å². The number of hydrogen-bond acceptors (Lipinski definition) is 5. The Morgan fingerprint density at radius 3 is 2.94 bits per heavy atom. The van der Waals surface area contributed by atoms with Gasteiger partial charge in [0.2, 0.25) is 0 Å². The summed E-state index contributed by atoms with van der Waals surface area (Å²) in [4.78, 5) is 26.4. The van der Waals surface area contributed by atoms with Crippen LogP contribution < -0.4 is 5.56 Å². The first-order valence-electron chi connectivity index (χ1n) is 4.84. The number of ether oxygens (including phenoxy) is 1. The molecule has 0 fully saturated rings. The molecule has 0 spiro atoms. The number of aromatic nitrogens is 4. The average Bonchev–Trinajstić information content (AvgIpc) is 2.85. The normalized spacial score (nSPS) is 10.2. The van der Waals surface area contributed by atoms with E-state index in [-0.39, 0.29) is 12.1 Å². The van der Waals surface area contributed by atoms with Gasteiger partial charge in [0, 0.05) is 18.5 Å². The average molecular weight is 234 g/mol. The Morgan fingerprint density at radius 1 is 1.47 bits per heavy atom. The van der Waals surface area contributed by atoms with E-state index >= 15 is 0 Å². The molecule has 2 rings (SSSR count). The molecule has 0 saturated carbocycles. The van der Waals surface area contributed by atoms with E-state index in [0.717, 1.165) is 4.68 Å². The van der Waals surface area contributed by atoms with Crippen molar-refractivity contribution in [3.63, 3.8) is 0 Å². The summed E-state index contributed by atoms with van der Waals surface area (Å²) >= 11 is 0. The lowest BCUT2D eigenvalue weighted by Gasteiger charge is -2.05. The molecule has 17 heavy (non-hydrogen) atoms. The van der Waals surface area contributed by atoms with Gasteiger partial charge in [0.1, 0.15) is 12.9 Å². The summed E-state index contributed by atoms with van der Waals surface area (Å²) < 4.78 is 7.16. The third kappa shape index (κ3) is 2.39. The van der Waals surface area contributed by atoms with Gasteiger partial charge in [-0.15, -0.1) is 0 Å². The van der Waals surface area contributed by atoms with Crippen molar-refractivity contribution >= 4 is 5.97 Å². The molecule has 0 aliphatic carbocycles. The smallest absolute Gasteiger partial charge is 0.327 e. The van der Waals surface area contributed by atoms with Crippen LogP contribution in [0.25, 0.3) is 5.82 Å². The predicted octanol–water partition coefficient (Wildman–Crippen LogP) is -0.398. The highest BCUT2D eigenvalue weighted by molar-refractivity contribution is 5.68. The van der Waals surface area contributed by atoms with E-state index in [9.17, 15) is 9.59 Å². The number of methoxy groups -OCH3 is 1. The summed E-state index contributed by atoms with van der Waals surface area (Å²) in [5.74, 6) is -0.0200. The Labute approximate surface area is 96.3 Å². The zero-order valence-electron chi connectivity index (χ0n) is 9.11. The molecule has 2 heterocycles. The minimum Gasteiger partial charge on any atom is -0.468 e. The number of nitrogens with zero attached hydrogens (tertiary/aromatic N) is 4. The summed E-state index contributed by atoms with van der Waals surface area (Å²) in [6.07, 6.45) is 4.84. The third-order valence-corrected chi connectivity index (χ3v) is 2.13. The van der Waals surface area contributed by atoms with Gasteiger partial charge in [-0.2, -0.15) is 5.10 Å². The van der Waals surface area contributed by atoms with Crippen molar-refractivity contribution in [2.45, 2.75) is 6.54 Å². The van der Waals surface area contributed by atoms with Gasteiger partial charge >= 0.3 is 5.97 Å². The fraction of sp³-hybridized carbons (Fsp3) is 0.200. The lowest BCUT2D eigenvalue weighted by molar-refractivity contribution is -0.141. The molecule has 7 heteroatoms. The van der Waals surface area contributed by atoms with Gasteiger partial charge in [0.05, 0.1) is 7.11 Å². The highest BCUT2D eigenvalue weighted by Gasteiger charge is 2.07. The van der Waals surface area contributed by atoms with Crippen molar-refractivity contribution in [2.24, 2.45) is 0 Å². The van der Waals surface area contributed by atoms with Crippen LogP contribution >= 0.6 is 0 Å². The lowest BCUT2D eigenvalue weighted by Crippen LogP contribution is -2.27. The largest absolute Gasteiger partial charge is 0.468 e. The minimum absolute atomic E-state index is 0.210. The molecule has 7 nitrogen and oxygen atoms in total. The van der Waals surface area contributed by atoms with E-state index in [1.54, 1.807) is 29.4 Å². The van der Waals surface area contributed by atoms with Crippen LogP contribution in [-0.2, 0) is 16.1 Å². The fourth-order valence-electron chi connectivity index (χ4n) is 1.27. The van der Waals surface area contributed by atoms with Crippen LogP contribution in [0.5, 0.6) is 0 Å². The maximum atomic E-state index is 11.5. The molecule has 0 amide bonds. The van der Waals surface area contributed by atoms with Crippen molar-refractivity contribution in [3.8, 4) is 5.82 Å². The van der Waals surface area contributed by atoms with Crippen LogP contribution in [0.2, 0.25) is 0 Å². The zero-order chi connectivity index (χ0) is 12.3. The van der Waals surface area contributed by atoms with Crippen molar-refractivity contribution < 1.29 is 9.53 Å². The molecule has 88 valence electrons. The molecule has 0 N–H and O–H groups in total. The Morgan fingerprint density at radius 2 is 2.29 bits per heavy atom. The van der Waals surface area contributed by atoms with E-state index < -0.39 is 5.97 Å². The van der Waals surface area contributed by atoms with Gasteiger partial charge < -0.3 is 4.74 Å². The summed E-state index contributed by atoms with van der Waals surface area (Å²) in [5.41, 5.74) is -0.362. The van der Waals surface area contributed by atoms with Gasteiger partial charge in [-0.05, 0) is 6.07 Å². The van der Waals surface area contributed by atoms with Gasteiger partial charge in [0.15, 0.2) is 5.82 Å². The maximum Gasteiger partial charge on any atom is 0.327 e. The number of esters is 1. The van der Waals surface area contributed by atoms with Crippen LogP contribution in [0.3, 0.4) is 0 Å². The van der Waals surface area contributed by atoms with Crippen molar-refractivity contribution in [1.29, 1.82) is 0 Å². The molecule has 0 unspecified atom stereocenters. The van der Waals surface area contributed by atoms with E-state index in [2.05, 4.69) is 14.8 Å². The molecule has 0 radical (unpaired) electrons. The van der Waals surface area contributed by atoms with Crippen molar-refractivity contribution in [1.82, 2.24) is 19.3 Å². The summed E-state index contributed by atoms with van der Waals surface area (Å²) in [6.45, 7) is -0.210. The molecular weight excluding hydrogens is 224 g/mol. The highest BCUT2D eigenvalue weighted by atomic mass is 16.5. The van der Waals surface area contributed by atoms with Gasteiger partial charge in [-0.1, -0.05) is 0 Å². The zero-order valence-corrected chi connectivity index (χ0v) is 9.11. The van der Waals surface area contributed by atoms with Crippen LogP contribution in [0.4, 0.5) is 0 Å². The number of carbonyl (C=O) groups excluding carboxylic acids is 1. The molecular formula is C10H10N4O3. The molecule has 2 aromatic heterocycles. The van der Waals surface area contributed by atoms with Gasteiger partial charge in [0.25, 0.3) is 5.56 Å². The molecule has 0 aromatic carbocycles. The Kier molecular flexibility index (Phi) is 2.99. The maximum absolute atomic E-state index is 11.5. The summed E-state index contributed by atoms with van der Waals surface area (Å²) in [7, 11) is 1.26. The topological polar surface area (TPSA) is 79.0 Å². The third-order valence-electron chi connectivity index (χ3n) is 2.13. The van der Waals surface area contributed by atoms with Crippen LogP contribution in [0, 0.1) is 0 Å². The Hall–Kier alpha value is -2.44. The molecule has 0 saturated heterocycles. The number of hydrogen-bond donors (Lipinski definition) is 0. The number of imidazole rings is 1. The molecule has 0 aliphatic rings. The second-order valence-corrected chi connectivity index (χ2v) is 3.23. The molecule has 0 bridgehead atoms. The van der Waals surface area contributed by atoms with Crippen molar-refractivity contribution in [2.75, 3.05) is 7.11 Å². The molecule has 2 aromatic rings. The first-order valence-corrected chi connectivity index (χ1v) is 4.84.